The molecular weight excluding hydrogens is 138 g/mol. The van der Waals surface area contributed by atoms with Gasteiger partial charge < -0.3 is 5.01 Å². The standard InChI is InChI=1S/C5H8ClN3/c1-7-9-3-2-8-5(6)4-9/h2-3,7H,4H2,1H3. The minimum Gasteiger partial charge on any atom is -0.307 e. The Morgan fingerprint density at radius 1 is 1.89 bits per heavy atom. The fraction of sp³-hybridized carbons (Fsp3) is 0.400. The van der Waals surface area contributed by atoms with E-state index in [1.165, 1.54) is 0 Å². The summed E-state index contributed by atoms with van der Waals surface area (Å²) in [5, 5.41) is 2.45. The van der Waals surface area contributed by atoms with E-state index in [0.717, 1.165) is 0 Å². The number of halogens is 1. The molecule has 1 N–H and O–H groups in total. The lowest BCUT2D eigenvalue weighted by Crippen LogP contribution is -2.34. The summed E-state index contributed by atoms with van der Waals surface area (Å²) in [5.74, 6) is 0. The third-order valence-corrected chi connectivity index (χ3v) is 1.27. The third-order valence-electron chi connectivity index (χ3n) is 1.05. The van der Waals surface area contributed by atoms with Crippen LogP contribution in [0.1, 0.15) is 0 Å². The lowest BCUT2D eigenvalue weighted by atomic mass is 10.6. The first kappa shape index (κ1) is 6.58. The topological polar surface area (TPSA) is 27.6 Å². The highest BCUT2D eigenvalue weighted by Crippen LogP contribution is 1.97. The van der Waals surface area contributed by atoms with Gasteiger partial charge in [0, 0.05) is 19.4 Å². The van der Waals surface area contributed by atoms with Gasteiger partial charge in [0.1, 0.15) is 5.17 Å². The first-order valence-electron chi connectivity index (χ1n) is 2.66. The molecule has 3 nitrogen and oxygen atoms in total. The van der Waals surface area contributed by atoms with Gasteiger partial charge in [-0.2, -0.15) is 0 Å². The Labute approximate surface area is 59.0 Å². The van der Waals surface area contributed by atoms with Gasteiger partial charge in [0.15, 0.2) is 0 Å². The lowest BCUT2D eigenvalue weighted by molar-refractivity contribution is 0.337. The molecule has 50 valence electrons. The maximum Gasteiger partial charge on any atom is 0.127 e. The van der Waals surface area contributed by atoms with E-state index in [1.807, 2.05) is 18.3 Å². The first-order chi connectivity index (χ1) is 4.33. The molecule has 0 bridgehead atoms. The molecule has 0 aromatic carbocycles. The molecule has 1 aliphatic heterocycles. The van der Waals surface area contributed by atoms with Crippen LogP contribution in [0.15, 0.2) is 17.4 Å². The van der Waals surface area contributed by atoms with Crippen molar-refractivity contribution in [2.24, 2.45) is 4.99 Å². The van der Waals surface area contributed by atoms with Crippen LogP contribution in [0.5, 0.6) is 0 Å². The quantitative estimate of drug-likeness (QED) is 0.584. The summed E-state index contributed by atoms with van der Waals surface area (Å²) in [7, 11) is 1.83. The normalized spacial score (nSPS) is 18.0. The van der Waals surface area contributed by atoms with Gasteiger partial charge in [0.05, 0.1) is 6.54 Å². The predicted octanol–water partition coefficient (Wildman–Crippen LogP) is 0.545. The van der Waals surface area contributed by atoms with E-state index in [9.17, 15) is 0 Å². The third kappa shape index (κ3) is 1.69. The molecule has 1 aliphatic rings. The van der Waals surface area contributed by atoms with E-state index in [1.54, 1.807) is 6.20 Å². The number of hydrazine groups is 1. The molecule has 0 saturated heterocycles. The van der Waals surface area contributed by atoms with Crippen LogP contribution < -0.4 is 5.43 Å². The fourth-order valence-corrected chi connectivity index (χ4v) is 0.767. The second-order valence-corrected chi connectivity index (χ2v) is 2.09. The van der Waals surface area contributed by atoms with Gasteiger partial charge in [0.2, 0.25) is 0 Å². The predicted molar refractivity (Wildman–Crippen MR) is 38.2 cm³/mol. The maximum atomic E-state index is 5.61. The van der Waals surface area contributed by atoms with Gasteiger partial charge in [0.25, 0.3) is 0 Å². The van der Waals surface area contributed by atoms with Gasteiger partial charge in [-0.25, -0.2) is 10.4 Å². The van der Waals surface area contributed by atoms with Crippen LogP contribution in [0.25, 0.3) is 0 Å². The molecule has 0 atom stereocenters. The molecule has 0 saturated carbocycles. The summed E-state index contributed by atoms with van der Waals surface area (Å²) < 4.78 is 0. The molecule has 0 aliphatic carbocycles. The number of aliphatic imine (C=N–C) groups is 1. The van der Waals surface area contributed by atoms with Crippen molar-refractivity contribution in [1.82, 2.24) is 10.4 Å². The van der Waals surface area contributed by atoms with Crippen LogP contribution in [0.3, 0.4) is 0 Å². The van der Waals surface area contributed by atoms with E-state index in [4.69, 9.17) is 11.6 Å². The van der Waals surface area contributed by atoms with Crippen LogP contribution in [0.2, 0.25) is 0 Å². The molecule has 9 heavy (non-hydrogen) atoms. The summed E-state index contributed by atoms with van der Waals surface area (Å²) in [6.45, 7) is 0.647. The number of nitrogens with zero attached hydrogens (tertiary/aromatic N) is 2. The van der Waals surface area contributed by atoms with Gasteiger partial charge in [-0.3, -0.25) is 0 Å². The number of hydrogen-bond donors (Lipinski definition) is 1. The molecule has 0 unspecified atom stereocenters. The molecule has 1 rings (SSSR count). The van der Waals surface area contributed by atoms with Crippen LogP contribution in [0, 0.1) is 0 Å². The maximum absolute atomic E-state index is 5.61. The smallest absolute Gasteiger partial charge is 0.127 e. The Bertz CT molecular complexity index is 152. The lowest BCUT2D eigenvalue weighted by Gasteiger charge is -2.19. The van der Waals surface area contributed by atoms with E-state index in [-0.39, 0.29) is 0 Å². The summed E-state index contributed by atoms with van der Waals surface area (Å²) in [5.41, 5.74) is 2.92. The summed E-state index contributed by atoms with van der Waals surface area (Å²) in [6.07, 6.45) is 3.48. The van der Waals surface area contributed by atoms with Crippen molar-refractivity contribution in [2.75, 3.05) is 13.6 Å². The average Bonchev–Trinajstić information content (AvgIpc) is 1.88. The van der Waals surface area contributed by atoms with E-state index in [2.05, 4.69) is 10.4 Å². The van der Waals surface area contributed by atoms with Crippen molar-refractivity contribution >= 4 is 16.8 Å². The Morgan fingerprint density at radius 2 is 2.67 bits per heavy atom. The molecule has 0 radical (unpaired) electrons. The molecule has 0 fully saturated rings. The Balaban J connectivity index is 2.51. The van der Waals surface area contributed by atoms with Gasteiger partial charge in [-0.05, 0) is 0 Å². The SMILES string of the molecule is CNN1C=CN=C(Cl)C1. The molecule has 0 aromatic rings. The second kappa shape index (κ2) is 2.85. The Morgan fingerprint density at radius 3 is 3.11 bits per heavy atom. The molecule has 4 heteroatoms. The summed E-state index contributed by atoms with van der Waals surface area (Å²) in [4.78, 5) is 3.85. The zero-order valence-electron chi connectivity index (χ0n) is 5.13. The fourth-order valence-electron chi connectivity index (χ4n) is 0.582. The monoisotopic (exact) mass is 145 g/mol. The van der Waals surface area contributed by atoms with Gasteiger partial charge >= 0.3 is 0 Å². The highest BCUT2D eigenvalue weighted by atomic mass is 35.5. The summed E-state index contributed by atoms with van der Waals surface area (Å²) >= 11 is 5.61. The molecule has 1 heterocycles. The second-order valence-electron chi connectivity index (χ2n) is 1.66. The molecular formula is C5H8ClN3. The van der Waals surface area contributed by atoms with E-state index < -0.39 is 0 Å². The number of rotatable bonds is 1. The highest BCUT2D eigenvalue weighted by molar-refractivity contribution is 6.66. The minimum atomic E-state index is 0.604. The van der Waals surface area contributed by atoms with Crippen molar-refractivity contribution < 1.29 is 0 Å². The van der Waals surface area contributed by atoms with E-state index in [0.29, 0.717) is 11.7 Å². The van der Waals surface area contributed by atoms with Gasteiger partial charge in [-0.15, -0.1) is 0 Å². The number of nitrogens with one attached hydrogen (secondary N) is 1. The first-order valence-corrected chi connectivity index (χ1v) is 3.03. The molecule has 0 aromatic heterocycles. The Kier molecular flexibility index (Phi) is 2.08. The zero-order valence-corrected chi connectivity index (χ0v) is 5.89. The van der Waals surface area contributed by atoms with Crippen LogP contribution in [-0.2, 0) is 0 Å². The van der Waals surface area contributed by atoms with E-state index >= 15 is 0 Å². The van der Waals surface area contributed by atoms with Crippen LogP contribution in [-0.4, -0.2) is 23.8 Å². The number of hydrogen-bond acceptors (Lipinski definition) is 3. The highest BCUT2D eigenvalue weighted by Gasteiger charge is 2.02. The molecule has 0 spiro atoms. The zero-order chi connectivity index (χ0) is 6.69. The summed E-state index contributed by atoms with van der Waals surface area (Å²) in [6, 6.07) is 0. The van der Waals surface area contributed by atoms with Crippen LogP contribution in [0.4, 0.5) is 0 Å². The van der Waals surface area contributed by atoms with Crippen molar-refractivity contribution in [1.29, 1.82) is 0 Å². The minimum absolute atomic E-state index is 0.604. The van der Waals surface area contributed by atoms with Crippen molar-refractivity contribution in [3.63, 3.8) is 0 Å². The Hall–Kier alpha value is -0.540. The molecule has 0 amide bonds. The van der Waals surface area contributed by atoms with Crippen LogP contribution >= 0.6 is 11.6 Å². The largest absolute Gasteiger partial charge is 0.307 e. The van der Waals surface area contributed by atoms with Crippen molar-refractivity contribution in [3.8, 4) is 0 Å². The average molecular weight is 146 g/mol. The van der Waals surface area contributed by atoms with Gasteiger partial charge in [-0.1, -0.05) is 11.6 Å². The van der Waals surface area contributed by atoms with Crippen molar-refractivity contribution in [3.05, 3.63) is 12.4 Å². The van der Waals surface area contributed by atoms with Crippen molar-refractivity contribution in [2.45, 2.75) is 0 Å².